The summed E-state index contributed by atoms with van der Waals surface area (Å²) in [7, 11) is 1.48. The van der Waals surface area contributed by atoms with Gasteiger partial charge >= 0.3 is 5.97 Å². The van der Waals surface area contributed by atoms with Crippen molar-refractivity contribution in [1.29, 1.82) is 0 Å². The molecule has 0 bridgehead atoms. The lowest BCUT2D eigenvalue weighted by molar-refractivity contribution is -0.141. The Hall–Kier alpha value is -1.64. The second kappa shape index (κ2) is 6.71. The minimum Gasteiger partial charge on any atom is -0.469 e. The highest BCUT2D eigenvalue weighted by Crippen LogP contribution is 2.68. The average Bonchev–Trinajstić information content (AvgIpc) is 3.02. The molecule has 4 rings (SSSR count). The molecule has 0 spiro atoms. The number of carbonyl (C=O) groups excluding carboxylic acids is 2. The molecule has 0 heterocycles. The molecule has 0 radical (unpaired) electrons. The Morgan fingerprint density at radius 1 is 1.18 bits per heavy atom. The highest BCUT2D eigenvalue weighted by Gasteiger charge is 2.59. The summed E-state index contributed by atoms with van der Waals surface area (Å²) in [4.78, 5) is 24.0. The van der Waals surface area contributed by atoms with Gasteiger partial charge in [-0.1, -0.05) is 32.6 Å². The first-order valence-electron chi connectivity index (χ1n) is 10.9. The van der Waals surface area contributed by atoms with Crippen molar-refractivity contribution in [2.24, 2.45) is 34.5 Å². The van der Waals surface area contributed by atoms with Gasteiger partial charge < -0.3 is 4.74 Å². The van der Waals surface area contributed by atoms with E-state index in [1.807, 2.05) is 6.08 Å². The fourth-order valence-corrected chi connectivity index (χ4v) is 7.55. The summed E-state index contributed by atoms with van der Waals surface area (Å²) in [6.45, 7) is 13.2. The van der Waals surface area contributed by atoms with E-state index in [0.29, 0.717) is 41.1 Å². The van der Waals surface area contributed by atoms with Crippen LogP contribution in [0.3, 0.4) is 0 Å². The van der Waals surface area contributed by atoms with E-state index in [9.17, 15) is 9.59 Å². The van der Waals surface area contributed by atoms with Gasteiger partial charge in [-0.3, -0.25) is 9.59 Å². The molecule has 0 aliphatic heterocycles. The largest absolute Gasteiger partial charge is 0.469 e. The molecule has 6 atom stereocenters. The number of allylic oxidation sites excluding steroid dienone is 3. The summed E-state index contributed by atoms with van der Waals surface area (Å²) in [5, 5.41) is 0. The van der Waals surface area contributed by atoms with Gasteiger partial charge in [0.05, 0.1) is 7.11 Å². The number of hydrogen-bond acceptors (Lipinski definition) is 3. The Kier molecular flexibility index (Phi) is 4.71. The maximum Gasteiger partial charge on any atom is 0.305 e. The normalized spacial score (nSPS) is 42.4. The molecule has 3 heteroatoms. The molecular formula is C25H34O3. The van der Waals surface area contributed by atoms with Gasteiger partial charge in [-0.2, -0.15) is 0 Å². The van der Waals surface area contributed by atoms with Gasteiger partial charge in [0.1, 0.15) is 0 Å². The molecular weight excluding hydrogens is 348 g/mol. The third kappa shape index (κ3) is 2.61. The summed E-state index contributed by atoms with van der Waals surface area (Å²) >= 11 is 0. The lowest BCUT2D eigenvalue weighted by atomic mass is 9.45. The second-order valence-corrected chi connectivity index (χ2v) is 10.0. The van der Waals surface area contributed by atoms with Gasteiger partial charge in [0.25, 0.3) is 0 Å². The highest BCUT2D eigenvalue weighted by molar-refractivity contribution is 6.09. The van der Waals surface area contributed by atoms with Crippen LogP contribution in [0.25, 0.3) is 0 Å². The van der Waals surface area contributed by atoms with Gasteiger partial charge in [-0.25, -0.2) is 0 Å². The lowest BCUT2D eigenvalue weighted by Gasteiger charge is -2.58. The minimum atomic E-state index is -0.0979. The quantitative estimate of drug-likeness (QED) is 0.483. The predicted octanol–water partition coefficient (Wildman–Crippen LogP) is 5.42. The maximum absolute atomic E-state index is 12.3. The molecule has 3 fully saturated rings. The number of ketones is 1. The molecule has 4 aliphatic carbocycles. The van der Waals surface area contributed by atoms with Crippen LogP contribution in [0.15, 0.2) is 36.0 Å². The second-order valence-electron chi connectivity index (χ2n) is 10.0. The zero-order chi connectivity index (χ0) is 20.3. The fourth-order valence-electron chi connectivity index (χ4n) is 7.55. The van der Waals surface area contributed by atoms with Crippen LogP contribution in [0.5, 0.6) is 0 Å². The van der Waals surface area contributed by atoms with Crippen LogP contribution < -0.4 is 0 Å². The fraction of sp³-hybridized carbons (Fsp3) is 0.680. The predicted molar refractivity (Wildman–Crippen MR) is 110 cm³/mol. The highest BCUT2D eigenvalue weighted by atomic mass is 16.5. The first-order chi connectivity index (χ1) is 13.2. The first-order valence-corrected chi connectivity index (χ1v) is 10.9. The number of hydrogen-bond donors (Lipinski definition) is 0. The van der Waals surface area contributed by atoms with Gasteiger partial charge in [0, 0.05) is 17.4 Å². The van der Waals surface area contributed by atoms with Gasteiger partial charge in [0.15, 0.2) is 5.78 Å². The van der Waals surface area contributed by atoms with Crippen molar-refractivity contribution in [3.8, 4) is 0 Å². The first kappa shape index (κ1) is 19.7. The molecule has 3 nitrogen and oxygen atoms in total. The van der Waals surface area contributed by atoms with Crippen LogP contribution in [-0.4, -0.2) is 18.9 Å². The summed E-state index contributed by atoms with van der Waals surface area (Å²) < 4.78 is 4.88. The number of ether oxygens (including phenoxy) is 1. The average molecular weight is 383 g/mol. The van der Waals surface area contributed by atoms with Crippen molar-refractivity contribution >= 4 is 11.8 Å². The third-order valence-corrected chi connectivity index (χ3v) is 9.31. The Labute approximate surface area is 169 Å². The van der Waals surface area contributed by atoms with Crippen LogP contribution >= 0.6 is 0 Å². The Morgan fingerprint density at radius 3 is 2.64 bits per heavy atom. The van der Waals surface area contributed by atoms with Crippen molar-refractivity contribution in [1.82, 2.24) is 0 Å². The van der Waals surface area contributed by atoms with Gasteiger partial charge in [0.2, 0.25) is 0 Å². The molecule has 0 aromatic rings. The molecule has 0 saturated heterocycles. The zero-order valence-electron chi connectivity index (χ0n) is 17.7. The van der Waals surface area contributed by atoms with Crippen molar-refractivity contribution in [3.63, 3.8) is 0 Å². The van der Waals surface area contributed by atoms with E-state index in [1.54, 1.807) is 0 Å². The maximum atomic E-state index is 12.3. The van der Waals surface area contributed by atoms with Gasteiger partial charge in [-0.15, -0.1) is 0 Å². The van der Waals surface area contributed by atoms with E-state index in [0.717, 1.165) is 18.4 Å². The number of methoxy groups -OCH3 is 1. The van der Waals surface area contributed by atoms with Crippen LogP contribution in [0, 0.1) is 34.5 Å². The van der Waals surface area contributed by atoms with E-state index < -0.39 is 0 Å². The summed E-state index contributed by atoms with van der Waals surface area (Å²) in [6.07, 6.45) is 10.4. The molecule has 28 heavy (non-hydrogen) atoms. The Bertz CT molecular complexity index is 775. The van der Waals surface area contributed by atoms with Crippen LogP contribution in [-0.2, 0) is 14.3 Å². The zero-order valence-corrected chi connectivity index (χ0v) is 17.7. The molecule has 0 amide bonds. The standard InChI is InChI=1S/C25H34O3/c1-15-16(2)25(4)18(14-22(15)26)6-9-19-20-10-7-17(8-11-23(27)28-5)24(20,3)13-12-21(19)25/h14,17,19-21H,1-2,6-13H2,3-5H3/t17-,19-,20-,21-,24+,25-/m0/s1. The molecule has 4 aliphatic rings. The van der Waals surface area contributed by atoms with Crippen molar-refractivity contribution in [3.05, 3.63) is 36.0 Å². The minimum absolute atomic E-state index is 0.0558. The lowest BCUT2D eigenvalue weighted by Crippen LogP contribution is -2.51. The topological polar surface area (TPSA) is 43.4 Å². The molecule has 152 valence electrons. The number of esters is 1. The van der Waals surface area contributed by atoms with E-state index in [1.165, 1.54) is 44.8 Å². The van der Waals surface area contributed by atoms with Gasteiger partial charge in [-0.05, 0) is 85.7 Å². The third-order valence-electron chi connectivity index (χ3n) is 9.31. The van der Waals surface area contributed by atoms with Crippen LogP contribution in [0.2, 0.25) is 0 Å². The van der Waals surface area contributed by atoms with E-state index in [-0.39, 0.29) is 17.2 Å². The van der Waals surface area contributed by atoms with E-state index >= 15 is 0 Å². The summed E-state index contributed by atoms with van der Waals surface area (Å²) in [5.74, 6) is 2.55. The number of carbonyl (C=O) groups is 2. The van der Waals surface area contributed by atoms with Crippen molar-refractivity contribution in [2.45, 2.75) is 65.2 Å². The van der Waals surface area contributed by atoms with Crippen molar-refractivity contribution in [2.75, 3.05) is 7.11 Å². The number of fused-ring (bicyclic) bond motifs is 5. The van der Waals surface area contributed by atoms with Crippen molar-refractivity contribution < 1.29 is 14.3 Å². The Balaban J connectivity index is 1.60. The summed E-state index contributed by atoms with van der Waals surface area (Å²) in [5.41, 5.74) is 3.10. The molecule has 0 aromatic carbocycles. The molecule has 0 aromatic heterocycles. The molecule has 0 N–H and O–H groups in total. The van der Waals surface area contributed by atoms with E-state index in [2.05, 4.69) is 27.0 Å². The number of rotatable bonds is 3. The SMILES string of the molecule is C=C1C(=C)[C@@]2(C)C(=CC1=O)CC[C@@H]1[C@@H]2CC[C@]2(C)[C@H](CCC(=O)OC)CC[C@@H]12. The monoisotopic (exact) mass is 382 g/mol. The smallest absolute Gasteiger partial charge is 0.305 e. The summed E-state index contributed by atoms with van der Waals surface area (Å²) in [6, 6.07) is 0. The van der Waals surface area contributed by atoms with E-state index in [4.69, 9.17) is 4.74 Å². The van der Waals surface area contributed by atoms with Crippen LogP contribution in [0.4, 0.5) is 0 Å². The molecule has 3 saturated carbocycles. The molecule has 0 unspecified atom stereocenters. The Morgan fingerprint density at radius 2 is 1.93 bits per heavy atom. The van der Waals surface area contributed by atoms with Crippen LogP contribution in [0.1, 0.15) is 65.2 Å².